The van der Waals surface area contributed by atoms with Gasteiger partial charge in [-0.25, -0.2) is 18.4 Å². The standard InChI is InChI=1S/C13H16F2N4/c1-2-5-16-7-13-17-9-19(18-13)8-10-6-11(14)3-4-12(10)15/h3-4,6,9,16H,2,5,7-8H2,1H3. The predicted molar refractivity (Wildman–Crippen MR) is 67.5 cm³/mol. The third-order valence-corrected chi connectivity index (χ3v) is 2.63. The average Bonchev–Trinajstić information content (AvgIpc) is 2.82. The largest absolute Gasteiger partial charge is 0.310 e. The van der Waals surface area contributed by atoms with Gasteiger partial charge in [0.2, 0.25) is 0 Å². The predicted octanol–water partition coefficient (Wildman–Crippen LogP) is 2.10. The fraction of sp³-hybridized carbons (Fsp3) is 0.385. The van der Waals surface area contributed by atoms with Crippen molar-refractivity contribution in [2.24, 2.45) is 0 Å². The van der Waals surface area contributed by atoms with Crippen molar-refractivity contribution in [1.82, 2.24) is 20.1 Å². The first-order valence-corrected chi connectivity index (χ1v) is 6.22. The number of hydrogen-bond acceptors (Lipinski definition) is 3. The molecular formula is C13H16F2N4. The molecule has 102 valence electrons. The summed E-state index contributed by atoms with van der Waals surface area (Å²) >= 11 is 0. The monoisotopic (exact) mass is 266 g/mol. The highest BCUT2D eigenvalue weighted by Crippen LogP contribution is 2.10. The lowest BCUT2D eigenvalue weighted by molar-refractivity contribution is 0.562. The first kappa shape index (κ1) is 13.6. The van der Waals surface area contributed by atoms with E-state index >= 15 is 0 Å². The number of hydrogen-bond donors (Lipinski definition) is 1. The number of benzene rings is 1. The van der Waals surface area contributed by atoms with E-state index in [2.05, 4.69) is 22.3 Å². The number of nitrogens with zero attached hydrogens (tertiary/aromatic N) is 3. The average molecular weight is 266 g/mol. The van der Waals surface area contributed by atoms with E-state index in [4.69, 9.17) is 0 Å². The van der Waals surface area contributed by atoms with E-state index in [0.717, 1.165) is 25.1 Å². The van der Waals surface area contributed by atoms with Crippen LogP contribution in [0.4, 0.5) is 8.78 Å². The van der Waals surface area contributed by atoms with Gasteiger partial charge in [-0.1, -0.05) is 6.92 Å². The molecule has 0 bridgehead atoms. The zero-order valence-electron chi connectivity index (χ0n) is 10.7. The van der Waals surface area contributed by atoms with E-state index in [1.54, 1.807) is 0 Å². The van der Waals surface area contributed by atoms with Crippen LogP contribution in [0.25, 0.3) is 0 Å². The van der Waals surface area contributed by atoms with Crippen LogP contribution in [0.15, 0.2) is 24.5 Å². The van der Waals surface area contributed by atoms with Crippen LogP contribution in [0.2, 0.25) is 0 Å². The Labute approximate surface area is 110 Å². The summed E-state index contributed by atoms with van der Waals surface area (Å²) in [6.07, 6.45) is 2.56. The summed E-state index contributed by atoms with van der Waals surface area (Å²) in [7, 11) is 0. The third kappa shape index (κ3) is 3.82. The second kappa shape index (κ2) is 6.38. The maximum absolute atomic E-state index is 13.5. The summed E-state index contributed by atoms with van der Waals surface area (Å²) in [5, 5.41) is 7.38. The van der Waals surface area contributed by atoms with Crippen molar-refractivity contribution >= 4 is 0 Å². The van der Waals surface area contributed by atoms with Gasteiger partial charge in [-0.15, -0.1) is 0 Å². The minimum Gasteiger partial charge on any atom is -0.310 e. The van der Waals surface area contributed by atoms with Gasteiger partial charge in [0.1, 0.15) is 18.0 Å². The molecule has 1 heterocycles. The Morgan fingerprint density at radius 1 is 1.32 bits per heavy atom. The van der Waals surface area contributed by atoms with E-state index < -0.39 is 11.6 Å². The summed E-state index contributed by atoms with van der Waals surface area (Å²) in [6, 6.07) is 3.39. The third-order valence-electron chi connectivity index (χ3n) is 2.63. The van der Waals surface area contributed by atoms with E-state index in [-0.39, 0.29) is 12.1 Å². The highest BCUT2D eigenvalue weighted by Gasteiger charge is 2.06. The highest BCUT2D eigenvalue weighted by molar-refractivity contribution is 5.18. The topological polar surface area (TPSA) is 42.7 Å². The van der Waals surface area contributed by atoms with Crippen molar-refractivity contribution in [2.75, 3.05) is 6.54 Å². The molecule has 0 atom stereocenters. The van der Waals surface area contributed by atoms with Gasteiger partial charge in [0.05, 0.1) is 13.1 Å². The normalized spacial score (nSPS) is 10.9. The first-order valence-electron chi connectivity index (χ1n) is 6.22. The van der Waals surface area contributed by atoms with Gasteiger partial charge in [0.15, 0.2) is 5.82 Å². The van der Waals surface area contributed by atoms with E-state index in [1.807, 2.05) is 0 Å². The van der Waals surface area contributed by atoms with E-state index in [9.17, 15) is 8.78 Å². The van der Waals surface area contributed by atoms with Crippen LogP contribution in [0.5, 0.6) is 0 Å². The lowest BCUT2D eigenvalue weighted by Crippen LogP contribution is -2.15. The first-order chi connectivity index (χ1) is 9.19. The Hall–Kier alpha value is -1.82. The van der Waals surface area contributed by atoms with Crippen LogP contribution in [-0.2, 0) is 13.1 Å². The molecule has 0 aliphatic heterocycles. The van der Waals surface area contributed by atoms with Crippen LogP contribution >= 0.6 is 0 Å². The molecule has 19 heavy (non-hydrogen) atoms. The van der Waals surface area contributed by atoms with Crippen molar-refractivity contribution in [1.29, 1.82) is 0 Å². The van der Waals surface area contributed by atoms with Crippen LogP contribution in [0.3, 0.4) is 0 Å². The summed E-state index contributed by atoms with van der Waals surface area (Å²) < 4.78 is 28.0. The van der Waals surface area contributed by atoms with E-state index in [1.165, 1.54) is 17.1 Å². The molecular weight excluding hydrogens is 250 g/mol. The molecule has 0 unspecified atom stereocenters. The Bertz CT molecular complexity index is 539. The van der Waals surface area contributed by atoms with Gasteiger partial charge in [-0.3, -0.25) is 0 Å². The van der Waals surface area contributed by atoms with Gasteiger partial charge >= 0.3 is 0 Å². The highest BCUT2D eigenvalue weighted by atomic mass is 19.1. The summed E-state index contributed by atoms with van der Waals surface area (Å²) in [6.45, 7) is 3.72. The molecule has 0 aliphatic rings. The molecule has 6 heteroatoms. The molecule has 0 aliphatic carbocycles. The molecule has 0 saturated heterocycles. The molecule has 1 aromatic carbocycles. The molecule has 2 rings (SSSR count). The molecule has 0 fully saturated rings. The van der Waals surface area contributed by atoms with Gasteiger partial charge in [-0.2, -0.15) is 5.10 Å². The zero-order chi connectivity index (χ0) is 13.7. The SMILES string of the molecule is CCCNCc1ncn(Cc2cc(F)ccc2F)n1. The molecule has 4 nitrogen and oxygen atoms in total. The van der Waals surface area contributed by atoms with Crippen LogP contribution in [-0.4, -0.2) is 21.3 Å². The molecule has 2 aromatic rings. The van der Waals surface area contributed by atoms with Crippen LogP contribution < -0.4 is 5.32 Å². The maximum atomic E-state index is 13.5. The van der Waals surface area contributed by atoms with E-state index in [0.29, 0.717) is 12.4 Å². The van der Waals surface area contributed by atoms with Crippen molar-refractivity contribution in [3.63, 3.8) is 0 Å². The molecule has 0 saturated carbocycles. The quantitative estimate of drug-likeness (QED) is 0.814. The number of rotatable bonds is 6. The molecule has 0 radical (unpaired) electrons. The Balaban J connectivity index is 2.01. The molecule has 0 amide bonds. The van der Waals surface area contributed by atoms with Crippen molar-refractivity contribution < 1.29 is 8.78 Å². The minimum atomic E-state index is -0.457. The Morgan fingerprint density at radius 2 is 2.16 bits per heavy atom. The maximum Gasteiger partial charge on any atom is 0.164 e. The Kier molecular flexibility index (Phi) is 4.57. The van der Waals surface area contributed by atoms with Crippen LogP contribution in [0.1, 0.15) is 24.7 Å². The molecule has 0 spiro atoms. The lowest BCUT2D eigenvalue weighted by atomic mass is 10.2. The van der Waals surface area contributed by atoms with Crippen molar-refractivity contribution in [2.45, 2.75) is 26.4 Å². The summed E-state index contributed by atoms with van der Waals surface area (Å²) in [5.74, 6) is -0.255. The van der Waals surface area contributed by atoms with Gasteiger partial charge < -0.3 is 5.32 Å². The van der Waals surface area contributed by atoms with Gasteiger partial charge in [-0.05, 0) is 31.2 Å². The fourth-order valence-corrected chi connectivity index (χ4v) is 1.71. The zero-order valence-corrected chi connectivity index (χ0v) is 10.7. The smallest absolute Gasteiger partial charge is 0.164 e. The summed E-state index contributed by atoms with van der Waals surface area (Å²) in [4.78, 5) is 4.11. The number of aromatic nitrogens is 3. The minimum absolute atomic E-state index is 0.171. The fourth-order valence-electron chi connectivity index (χ4n) is 1.71. The van der Waals surface area contributed by atoms with Crippen molar-refractivity contribution in [3.8, 4) is 0 Å². The molecule has 1 aromatic heterocycles. The van der Waals surface area contributed by atoms with Gasteiger partial charge in [0.25, 0.3) is 0 Å². The number of halogens is 2. The Morgan fingerprint density at radius 3 is 2.95 bits per heavy atom. The second-order valence-electron chi connectivity index (χ2n) is 4.27. The number of nitrogens with one attached hydrogen (secondary N) is 1. The lowest BCUT2D eigenvalue weighted by Gasteiger charge is -2.03. The second-order valence-corrected chi connectivity index (χ2v) is 4.27. The van der Waals surface area contributed by atoms with Crippen molar-refractivity contribution in [3.05, 3.63) is 47.5 Å². The van der Waals surface area contributed by atoms with Gasteiger partial charge in [0, 0.05) is 5.56 Å². The van der Waals surface area contributed by atoms with Crippen LogP contribution in [0, 0.1) is 11.6 Å². The summed E-state index contributed by atoms with van der Waals surface area (Å²) in [5.41, 5.74) is 0.262. The molecule has 1 N–H and O–H groups in total.